The van der Waals surface area contributed by atoms with E-state index in [0.717, 1.165) is 43.6 Å². The second kappa shape index (κ2) is 8.97. The number of carbonyl (C=O) groups is 2. The first-order valence-corrected chi connectivity index (χ1v) is 9.43. The monoisotopic (exact) mass is 384 g/mol. The molecule has 6 heteroatoms. The van der Waals surface area contributed by atoms with E-state index in [2.05, 4.69) is 10.2 Å². The van der Waals surface area contributed by atoms with E-state index in [1.807, 2.05) is 6.92 Å². The number of benzene rings is 2. The summed E-state index contributed by atoms with van der Waals surface area (Å²) in [5, 5.41) is 2.96. The van der Waals surface area contributed by atoms with E-state index in [1.54, 1.807) is 30.3 Å². The molecule has 0 radical (unpaired) electrons. The number of aryl methyl sites for hydroxylation is 1. The zero-order valence-corrected chi connectivity index (χ0v) is 16.2. The Bertz CT molecular complexity index is 843. The largest absolute Gasteiger partial charge is 0.465 e. The summed E-state index contributed by atoms with van der Waals surface area (Å²) in [6.45, 7) is 4.28. The topological polar surface area (TPSA) is 58.6 Å². The molecular formula is C22H25FN2O3. The SMILES string of the molecule is COC(=O)c1ccc(C)c(NC(=O)C2CCN(Cc3ccc(F)cc3)CC2)c1. The Morgan fingerprint density at radius 2 is 1.82 bits per heavy atom. The minimum Gasteiger partial charge on any atom is -0.465 e. The molecule has 1 amide bonds. The summed E-state index contributed by atoms with van der Waals surface area (Å²) in [4.78, 5) is 26.7. The quantitative estimate of drug-likeness (QED) is 0.798. The maximum absolute atomic E-state index is 13.0. The van der Waals surface area contributed by atoms with Crippen LogP contribution in [0.15, 0.2) is 42.5 Å². The molecule has 148 valence electrons. The third-order valence-corrected chi connectivity index (χ3v) is 5.19. The van der Waals surface area contributed by atoms with Gasteiger partial charge in [0, 0.05) is 18.2 Å². The lowest BCUT2D eigenvalue weighted by atomic mass is 9.95. The van der Waals surface area contributed by atoms with Crippen LogP contribution in [0, 0.1) is 18.7 Å². The molecule has 0 saturated carbocycles. The van der Waals surface area contributed by atoms with Gasteiger partial charge in [0.15, 0.2) is 0 Å². The first kappa shape index (κ1) is 20.0. The van der Waals surface area contributed by atoms with Crippen LogP contribution in [0.5, 0.6) is 0 Å². The summed E-state index contributed by atoms with van der Waals surface area (Å²) in [5.74, 6) is -0.743. The van der Waals surface area contributed by atoms with Crippen LogP contribution < -0.4 is 5.32 Å². The lowest BCUT2D eigenvalue weighted by molar-refractivity contribution is -0.121. The Labute approximate surface area is 164 Å². The van der Waals surface area contributed by atoms with Crippen molar-refractivity contribution in [3.05, 3.63) is 65.0 Å². The summed E-state index contributed by atoms with van der Waals surface area (Å²) < 4.78 is 17.8. The normalized spacial score (nSPS) is 15.2. The van der Waals surface area contributed by atoms with Crippen LogP contribution in [0.2, 0.25) is 0 Å². The van der Waals surface area contributed by atoms with Crippen LogP contribution >= 0.6 is 0 Å². The van der Waals surface area contributed by atoms with Crippen molar-refractivity contribution < 1.29 is 18.7 Å². The number of anilines is 1. The van der Waals surface area contributed by atoms with Crippen molar-refractivity contribution in [3.8, 4) is 0 Å². The molecule has 28 heavy (non-hydrogen) atoms. The molecule has 1 aliphatic heterocycles. The highest BCUT2D eigenvalue weighted by Crippen LogP contribution is 2.23. The number of halogens is 1. The van der Waals surface area contributed by atoms with E-state index in [4.69, 9.17) is 4.74 Å². The number of nitrogens with zero attached hydrogens (tertiary/aromatic N) is 1. The van der Waals surface area contributed by atoms with Crippen molar-refractivity contribution in [2.45, 2.75) is 26.3 Å². The molecule has 2 aromatic carbocycles. The van der Waals surface area contributed by atoms with Gasteiger partial charge in [0.05, 0.1) is 12.7 Å². The first-order valence-electron chi connectivity index (χ1n) is 9.43. The van der Waals surface area contributed by atoms with Crippen LogP contribution in [0.4, 0.5) is 10.1 Å². The molecule has 1 aliphatic rings. The second-order valence-corrected chi connectivity index (χ2v) is 7.19. The summed E-state index contributed by atoms with van der Waals surface area (Å²) >= 11 is 0. The van der Waals surface area contributed by atoms with Gasteiger partial charge in [-0.25, -0.2) is 9.18 Å². The number of carbonyl (C=O) groups excluding carboxylic acids is 2. The van der Waals surface area contributed by atoms with Gasteiger partial charge < -0.3 is 10.1 Å². The van der Waals surface area contributed by atoms with E-state index in [1.165, 1.54) is 19.2 Å². The highest BCUT2D eigenvalue weighted by Gasteiger charge is 2.25. The summed E-state index contributed by atoms with van der Waals surface area (Å²) in [5.41, 5.74) is 3.02. The van der Waals surface area contributed by atoms with Crippen LogP contribution in [0.25, 0.3) is 0 Å². The van der Waals surface area contributed by atoms with E-state index < -0.39 is 5.97 Å². The third kappa shape index (κ3) is 4.95. The Morgan fingerprint density at radius 1 is 1.14 bits per heavy atom. The molecular weight excluding hydrogens is 359 g/mol. The molecule has 5 nitrogen and oxygen atoms in total. The number of hydrogen-bond donors (Lipinski definition) is 1. The summed E-state index contributed by atoms with van der Waals surface area (Å²) in [6.07, 6.45) is 1.53. The number of esters is 1. The summed E-state index contributed by atoms with van der Waals surface area (Å²) in [7, 11) is 1.33. The van der Waals surface area contributed by atoms with Crippen molar-refractivity contribution in [3.63, 3.8) is 0 Å². The van der Waals surface area contributed by atoms with Gasteiger partial charge in [-0.2, -0.15) is 0 Å². The van der Waals surface area contributed by atoms with Crippen molar-refractivity contribution in [2.24, 2.45) is 5.92 Å². The van der Waals surface area contributed by atoms with Gasteiger partial charge in [0.2, 0.25) is 5.91 Å². The van der Waals surface area contributed by atoms with Gasteiger partial charge >= 0.3 is 5.97 Å². The van der Waals surface area contributed by atoms with E-state index in [0.29, 0.717) is 11.3 Å². The molecule has 0 aliphatic carbocycles. The maximum atomic E-state index is 13.0. The van der Waals surface area contributed by atoms with Gasteiger partial charge in [-0.05, 0) is 68.2 Å². The molecule has 1 saturated heterocycles. The Kier molecular flexibility index (Phi) is 6.41. The van der Waals surface area contributed by atoms with Gasteiger partial charge in [-0.15, -0.1) is 0 Å². The number of nitrogens with one attached hydrogen (secondary N) is 1. The van der Waals surface area contributed by atoms with Gasteiger partial charge in [-0.3, -0.25) is 9.69 Å². The summed E-state index contributed by atoms with van der Waals surface area (Å²) in [6, 6.07) is 11.7. The van der Waals surface area contributed by atoms with Gasteiger partial charge in [0.1, 0.15) is 5.82 Å². The molecule has 3 rings (SSSR count). The molecule has 1 fully saturated rings. The van der Waals surface area contributed by atoms with Crippen LogP contribution in [-0.2, 0) is 16.1 Å². The third-order valence-electron chi connectivity index (χ3n) is 5.19. The predicted octanol–water partition coefficient (Wildman–Crippen LogP) is 3.77. The number of likely N-dealkylation sites (tertiary alicyclic amines) is 1. The average Bonchev–Trinajstić information content (AvgIpc) is 2.71. The molecule has 2 aromatic rings. The predicted molar refractivity (Wildman–Crippen MR) is 106 cm³/mol. The van der Waals surface area contributed by atoms with Gasteiger partial charge in [0.25, 0.3) is 0 Å². The van der Waals surface area contributed by atoms with Crippen LogP contribution in [0.1, 0.15) is 34.3 Å². The number of amides is 1. The number of methoxy groups -OCH3 is 1. The number of ether oxygens (including phenoxy) is 1. The second-order valence-electron chi connectivity index (χ2n) is 7.19. The first-order chi connectivity index (χ1) is 13.5. The Balaban J connectivity index is 1.55. The molecule has 1 N–H and O–H groups in total. The zero-order chi connectivity index (χ0) is 20.1. The van der Waals surface area contributed by atoms with Crippen molar-refractivity contribution >= 4 is 17.6 Å². The molecule has 1 heterocycles. The fraction of sp³-hybridized carbons (Fsp3) is 0.364. The average molecular weight is 384 g/mol. The van der Waals surface area contributed by atoms with Gasteiger partial charge in [-0.1, -0.05) is 18.2 Å². The van der Waals surface area contributed by atoms with Crippen LogP contribution in [0.3, 0.4) is 0 Å². The molecule has 0 atom stereocenters. The number of hydrogen-bond acceptors (Lipinski definition) is 4. The maximum Gasteiger partial charge on any atom is 0.337 e. The minimum absolute atomic E-state index is 0.0217. The van der Waals surface area contributed by atoms with Crippen LogP contribution in [-0.4, -0.2) is 37.0 Å². The smallest absolute Gasteiger partial charge is 0.337 e. The zero-order valence-electron chi connectivity index (χ0n) is 16.2. The lowest BCUT2D eigenvalue weighted by Crippen LogP contribution is -2.37. The fourth-order valence-corrected chi connectivity index (χ4v) is 3.44. The van der Waals surface area contributed by atoms with Crippen molar-refractivity contribution in [1.82, 2.24) is 4.90 Å². The minimum atomic E-state index is -0.426. The Hall–Kier alpha value is -2.73. The standard InChI is InChI=1S/C22H25FN2O3/c1-15-3-6-18(22(27)28-2)13-20(15)24-21(26)17-9-11-25(12-10-17)14-16-4-7-19(23)8-5-16/h3-8,13,17H,9-12,14H2,1-2H3,(H,24,26). The Morgan fingerprint density at radius 3 is 2.46 bits per heavy atom. The molecule has 0 aromatic heterocycles. The number of rotatable bonds is 5. The fourth-order valence-electron chi connectivity index (χ4n) is 3.44. The van der Waals surface area contributed by atoms with Crippen molar-refractivity contribution in [2.75, 3.05) is 25.5 Å². The lowest BCUT2D eigenvalue weighted by Gasteiger charge is -2.31. The molecule has 0 unspecified atom stereocenters. The highest BCUT2D eigenvalue weighted by atomic mass is 19.1. The van der Waals surface area contributed by atoms with E-state index >= 15 is 0 Å². The van der Waals surface area contributed by atoms with E-state index in [9.17, 15) is 14.0 Å². The van der Waals surface area contributed by atoms with Crippen molar-refractivity contribution in [1.29, 1.82) is 0 Å². The highest BCUT2D eigenvalue weighted by molar-refractivity contribution is 5.96. The molecule has 0 bridgehead atoms. The van der Waals surface area contributed by atoms with E-state index in [-0.39, 0.29) is 17.6 Å². The number of piperidine rings is 1. The molecule has 0 spiro atoms.